The maximum Gasteiger partial charge on any atom is 0.130 e. The normalized spacial score (nSPS) is 10.4. The summed E-state index contributed by atoms with van der Waals surface area (Å²) in [6.45, 7) is 3.09. The Morgan fingerprint density at radius 3 is 2.37 bits per heavy atom. The Kier molecular flexibility index (Phi) is 4.99. The predicted octanol–water partition coefficient (Wildman–Crippen LogP) is 3.94. The van der Waals surface area contributed by atoms with Crippen LogP contribution in [0.1, 0.15) is 17.5 Å². The van der Waals surface area contributed by atoms with Gasteiger partial charge in [-0.25, -0.2) is 0 Å². The first-order valence-electron chi connectivity index (χ1n) is 6.77. The Morgan fingerprint density at radius 1 is 0.947 bits per heavy atom. The lowest BCUT2D eigenvalue weighted by Crippen LogP contribution is -2.08. The number of hydrogen-bond donors (Lipinski definition) is 1. The highest BCUT2D eigenvalue weighted by molar-refractivity contribution is 5.40. The van der Waals surface area contributed by atoms with Gasteiger partial charge in [-0.1, -0.05) is 36.4 Å². The van der Waals surface area contributed by atoms with Gasteiger partial charge in [-0.2, -0.15) is 0 Å². The molecule has 0 heterocycles. The molecule has 2 aromatic rings. The summed E-state index contributed by atoms with van der Waals surface area (Å²) in [6, 6.07) is 16.4. The Balaban J connectivity index is 2.13. The molecular weight excluding hydrogens is 234 g/mol. The number of para-hydroxylation sites is 2. The molecule has 0 aliphatic rings. The fraction of sp³-hybridized carbons (Fsp3) is 0.294. The molecule has 2 nitrogen and oxygen atoms in total. The van der Waals surface area contributed by atoms with E-state index in [0.717, 1.165) is 36.4 Å². The number of nitrogens with one attached hydrogen (secondary N) is 1. The monoisotopic (exact) mass is 255 g/mol. The van der Waals surface area contributed by atoms with Crippen molar-refractivity contribution < 1.29 is 4.74 Å². The number of aryl methyl sites for hydroxylation is 2. The Bertz CT molecular complexity index is 522. The maximum absolute atomic E-state index is 6.05. The van der Waals surface area contributed by atoms with Crippen molar-refractivity contribution >= 4 is 0 Å². The zero-order valence-electron chi connectivity index (χ0n) is 11.6. The van der Waals surface area contributed by atoms with E-state index in [-0.39, 0.29) is 0 Å². The number of rotatable bonds is 6. The van der Waals surface area contributed by atoms with Crippen molar-refractivity contribution in [1.29, 1.82) is 0 Å². The highest BCUT2D eigenvalue weighted by Gasteiger charge is 2.05. The standard InChI is InChI=1S/C17H21NO/c1-14-8-3-5-11-16(14)19-17-12-6-4-9-15(17)10-7-13-18-2/h3-6,8-9,11-12,18H,7,10,13H2,1-2H3. The van der Waals surface area contributed by atoms with Crippen LogP contribution in [0.2, 0.25) is 0 Å². The molecule has 0 aliphatic carbocycles. The van der Waals surface area contributed by atoms with E-state index in [4.69, 9.17) is 4.74 Å². The molecule has 2 heteroatoms. The van der Waals surface area contributed by atoms with Crippen molar-refractivity contribution in [3.8, 4) is 11.5 Å². The van der Waals surface area contributed by atoms with Crippen molar-refractivity contribution in [1.82, 2.24) is 5.32 Å². The van der Waals surface area contributed by atoms with Crippen molar-refractivity contribution in [2.45, 2.75) is 19.8 Å². The smallest absolute Gasteiger partial charge is 0.130 e. The van der Waals surface area contributed by atoms with E-state index in [2.05, 4.69) is 30.4 Å². The Hall–Kier alpha value is -1.80. The van der Waals surface area contributed by atoms with Crippen LogP contribution in [0.3, 0.4) is 0 Å². The molecular formula is C17H21NO. The summed E-state index contributed by atoms with van der Waals surface area (Å²) in [5.74, 6) is 1.90. The van der Waals surface area contributed by atoms with Crippen LogP contribution in [-0.2, 0) is 6.42 Å². The van der Waals surface area contributed by atoms with Gasteiger partial charge in [0.2, 0.25) is 0 Å². The third kappa shape index (κ3) is 3.83. The van der Waals surface area contributed by atoms with Gasteiger partial charge in [-0.15, -0.1) is 0 Å². The molecule has 2 rings (SSSR count). The first kappa shape index (κ1) is 13.6. The number of benzene rings is 2. The molecule has 0 bridgehead atoms. The minimum atomic E-state index is 0.934. The largest absolute Gasteiger partial charge is 0.457 e. The highest BCUT2D eigenvalue weighted by atomic mass is 16.5. The lowest BCUT2D eigenvalue weighted by atomic mass is 10.1. The molecule has 0 atom stereocenters. The van der Waals surface area contributed by atoms with E-state index >= 15 is 0 Å². The molecule has 0 unspecified atom stereocenters. The first-order valence-corrected chi connectivity index (χ1v) is 6.77. The van der Waals surface area contributed by atoms with Crippen LogP contribution in [0.4, 0.5) is 0 Å². The predicted molar refractivity (Wildman–Crippen MR) is 79.9 cm³/mol. The summed E-state index contributed by atoms with van der Waals surface area (Å²) in [5.41, 5.74) is 2.42. The van der Waals surface area contributed by atoms with Gasteiger partial charge in [0.1, 0.15) is 11.5 Å². The fourth-order valence-electron chi connectivity index (χ4n) is 2.05. The van der Waals surface area contributed by atoms with Crippen molar-refractivity contribution in [2.24, 2.45) is 0 Å². The lowest BCUT2D eigenvalue weighted by Gasteiger charge is -2.12. The van der Waals surface area contributed by atoms with Gasteiger partial charge in [-0.05, 0) is 56.6 Å². The average molecular weight is 255 g/mol. The summed E-state index contributed by atoms with van der Waals surface area (Å²) in [6.07, 6.45) is 2.15. The molecule has 1 N–H and O–H groups in total. The van der Waals surface area contributed by atoms with E-state index in [1.807, 2.05) is 37.4 Å². The zero-order valence-corrected chi connectivity index (χ0v) is 11.6. The van der Waals surface area contributed by atoms with Crippen LogP contribution < -0.4 is 10.1 Å². The van der Waals surface area contributed by atoms with Crippen LogP contribution in [-0.4, -0.2) is 13.6 Å². The minimum absolute atomic E-state index is 0.934. The maximum atomic E-state index is 6.05. The van der Waals surface area contributed by atoms with E-state index in [0.29, 0.717) is 0 Å². The molecule has 2 aromatic carbocycles. The first-order chi connectivity index (χ1) is 9.31. The molecule has 0 saturated carbocycles. The lowest BCUT2D eigenvalue weighted by molar-refractivity contribution is 0.471. The zero-order chi connectivity index (χ0) is 13.5. The second kappa shape index (κ2) is 6.95. The van der Waals surface area contributed by atoms with E-state index in [1.54, 1.807) is 0 Å². The van der Waals surface area contributed by atoms with Crippen molar-refractivity contribution in [3.05, 3.63) is 59.7 Å². The third-order valence-corrected chi connectivity index (χ3v) is 3.16. The van der Waals surface area contributed by atoms with E-state index < -0.39 is 0 Å². The molecule has 100 valence electrons. The number of ether oxygens (including phenoxy) is 1. The summed E-state index contributed by atoms with van der Waals surface area (Å²) in [5, 5.41) is 3.18. The summed E-state index contributed by atoms with van der Waals surface area (Å²) in [4.78, 5) is 0. The molecule has 0 aromatic heterocycles. The third-order valence-electron chi connectivity index (χ3n) is 3.16. The van der Waals surface area contributed by atoms with Gasteiger partial charge in [0, 0.05) is 0 Å². The van der Waals surface area contributed by atoms with Crippen LogP contribution in [0.5, 0.6) is 11.5 Å². The average Bonchev–Trinajstić information content (AvgIpc) is 2.43. The molecule has 0 saturated heterocycles. The van der Waals surface area contributed by atoms with Gasteiger partial charge in [0.15, 0.2) is 0 Å². The molecule has 19 heavy (non-hydrogen) atoms. The Morgan fingerprint density at radius 2 is 1.63 bits per heavy atom. The highest BCUT2D eigenvalue weighted by Crippen LogP contribution is 2.28. The molecule has 0 fully saturated rings. The topological polar surface area (TPSA) is 21.3 Å². The van der Waals surface area contributed by atoms with Crippen LogP contribution in [0.15, 0.2) is 48.5 Å². The minimum Gasteiger partial charge on any atom is -0.457 e. The second-order valence-electron chi connectivity index (χ2n) is 4.68. The number of hydrogen-bond acceptors (Lipinski definition) is 2. The van der Waals surface area contributed by atoms with Gasteiger partial charge in [0.25, 0.3) is 0 Å². The summed E-state index contributed by atoms with van der Waals surface area (Å²) >= 11 is 0. The van der Waals surface area contributed by atoms with Crippen LogP contribution in [0.25, 0.3) is 0 Å². The second-order valence-corrected chi connectivity index (χ2v) is 4.68. The molecule has 0 radical (unpaired) electrons. The molecule has 0 amide bonds. The Labute approximate surface area is 115 Å². The molecule has 0 aliphatic heterocycles. The fourth-order valence-corrected chi connectivity index (χ4v) is 2.05. The van der Waals surface area contributed by atoms with E-state index in [9.17, 15) is 0 Å². The van der Waals surface area contributed by atoms with Crippen molar-refractivity contribution in [2.75, 3.05) is 13.6 Å². The SMILES string of the molecule is CNCCCc1ccccc1Oc1ccccc1C. The van der Waals surface area contributed by atoms with Gasteiger partial charge >= 0.3 is 0 Å². The van der Waals surface area contributed by atoms with E-state index in [1.165, 1.54) is 5.56 Å². The van der Waals surface area contributed by atoms with Crippen molar-refractivity contribution in [3.63, 3.8) is 0 Å². The van der Waals surface area contributed by atoms with Gasteiger partial charge in [-0.3, -0.25) is 0 Å². The van der Waals surface area contributed by atoms with Crippen LogP contribution in [0, 0.1) is 6.92 Å². The van der Waals surface area contributed by atoms with Gasteiger partial charge in [0.05, 0.1) is 0 Å². The van der Waals surface area contributed by atoms with Gasteiger partial charge < -0.3 is 10.1 Å². The summed E-state index contributed by atoms with van der Waals surface area (Å²) in [7, 11) is 1.98. The van der Waals surface area contributed by atoms with Crippen LogP contribution >= 0.6 is 0 Å². The quantitative estimate of drug-likeness (QED) is 0.789. The summed E-state index contributed by atoms with van der Waals surface area (Å²) < 4.78 is 6.05. The molecule has 0 spiro atoms.